The van der Waals surface area contributed by atoms with E-state index in [-0.39, 0.29) is 24.7 Å². The van der Waals surface area contributed by atoms with Crippen LogP contribution in [-0.4, -0.2) is 42.3 Å². The predicted molar refractivity (Wildman–Crippen MR) is 98.1 cm³/mol. The fourth-order valence-electron chi connectivity index (χ4n) is 2.95. The lowest BCUT2D eigenvalue weighted by molar-refractivity contribution is -0.145. The van der Waals surface area contributed by atoms with Gasteiger partial charge in [-0.3, -0.25) is 0 Å². The lowest BCUT2D eigenvalue weighted by atomic mass is 9.95. The molecule has 0 aromatic heterocycles. The number of hydrogen-bond acceptors (Lipinski definition) is 5. The Morgan fingerprint density at radius 1 is 1.15 bits per heavy atom. The zero-order valence-electron chi connectivity index (χ0n) is 16.1. The molecule has 1 aromatic rings. The van der Waals surface area contributed by atoms with Gasteiger partial charge in [-0.25, -0.2) is 9.59 Å². The second-order valence-electron chi connectivity index (χ2n) is 7.35. The second kappa shape index (κ2) is 8.92. The Balaban J connectivity index is 2.03. The third-order valence-corrected chi connectivity index (χ3v) is 4.06. The number of ether oxygens (including phenoxy) is 3. The van der Waals surface area contributed by atoms with Crippen LogP contribution in [-0.2, 0) is 14.3 Å². The number of carbonyl (C=O) groups is 2. The molecule has 0 aliphatic carbocycles. The Kier molecular flexibility index (Phi) is 6.89. The third-order valence-electron chi connectivity index (χ3n) is 4.06. The first kappa shape index (κ1) is 20.1. The van der Waals surface area contributed by atoms with Crippen molar-refractivity contribution in [2.75, 3.05) is 19.8 Å². The van der Waals surface area contributed by atoms with Crippen molar-refractivity contribution < 1.29 is 23.8 Å². The summed E-state index contributed by atoms with van der Waals surface area (Å²) >= 11 is 0. The van der Waals surface area contributed by atoms with E-state index in [4.69, 9.17) is 14.2 Å². The van der Waals surface area contributed by atoms with Gasteiger partial charge in [0.2, 0.25) is 0 Å². The van der Waals surface area contributed by atoms with E-state index in [1.807, 2.05) is 49.9 Å². The molecule has 0 spiro atoms. The van der Waals surface area contributed by atoms with Gasteiger partial charge >= 0.3 is 12.1 Å². The number of nitrogens with zero attached hydrogens (tertiary/aromatic N) is 1. The van der Waals surface area contributed by atoms with Crippen molar-refractivity contribution >= 4 is 12.1 Å². The minimum atomic E-state index is -0.510. The Bertz CT molecular complexity index is 606. The van der Waals surface area contributed by atoms with Crippen LogP contribution in [0.1, 0.15) is 58.6 Å². The summed E-state index contributed by atoms with van der Waals surface area (Å²) in [6, 6.07) is 7.51. The van der Waals surface area contributed by atoms with E-state index in [1.54, 1.807) is 6.92 Å². The van der Waals surface area contributed by atoms with Crippen LogP contribution < -0.4 is 4.74 Å². The number of hydrogen-bond donors (Lipinski definition) is 0. The fourth-order valence-corrected chi connectivity index (χ4v) is 2.95. The van der Waals surface area contributed by atoms with E-state index in [1.165, 1.54) is 0 Å². The standard InChI is InChI=1S/C20H29NO5/c1-5-24-18(22)14-25-16-11-9-15(10-12-16)17-8-6-7-13-21(17)19(23)26-20(2,3)4/h9-12,17H,5-8,13-14H2,1-4H3. The second-order valence-corrected chi connectivity index (χ2v) is 7.35. The van der Waals surface area contributed by atoms with E-state index in [9.17, 15) is 9.59 Å². The van der Waals surface area contributed by atoms with Crippen molar-refractivity contribution in [2.24, 2.45) is 0 Å². The van der Waals surface area contributed by atoms with Crippen LogP contribution >= 0.6 is 0 Å². The van der Waals surface area contributed by atoms with Gasteiger partial charge in [0.15, 0.2) is 6.61 Å². The van der Waals surface area contributed by atoms with Crippen LogP contribution in [0.25, 0.3) is 0 Å². The first-order valence-electron chi connectivity index (χ1n) is 9.18. The number of likely N-dealkylation sites (tertiary alicyclic amines) is 1. The van der Waals surface area contributed by atoms with E-state index >= 15 is 0 Å². The molecular formula is C20H29NO5. The summed E-state index contributed by atoms with van der Waals surface area (Å²) in [4.78, 5) is 25.7. The molecule has 1 saturated heterocycles. The number of carbonyl (C=O) groups excluding carboxylic acids is 2. The molecule has 1 unspecified atom stereocenters. The van der Waals surface area contributed by atoms with Gasteiger partial charge in [-0.05, 0) is 64.7 Å². The van der Waals surface area contributed by atoms with Crippen LogP contribution in [0.4, 0.5) is 4.79 Å². The molecule has 1 amide bonds. The highest BCUT2D eigenvalue weighted by atomic mass is 16.6. The van der Waals surface area contributed by atoms with E-state index in [0.29, 0.717) is 18.9 Å². The highest BCUT2D eigenvalue weighted by Crippen LogP contribution is 2.33. The lowest BCUT2D eigenvalue weighted by Gasteiger charge is -2.37. The van der Waals surface area contributed by atoms with Gasteiger partial charge in [0.05, 0.1) is 12.6 Å². The van der Waals surface area contributed by atoms with E-state index in [2.05, 4.69) is 0 Å². The summed E-state index contributed by atoms with van der Waals surface area (Å²) in [6.07, 6.45) is 2.69. The first-order chi connectivity index (χ1) is 12.3. The molecule has 0 saturated carbocycles. The molecule has 1 aliphatic heterocycles. The van der Waals surface area contributed by atoms with Crippen molar-refractivity contribution in [3.8, 4) is 5.75 Å². The molecule has 144 valence electrons. The van der Waals surface area contributed by atoms with Gasteiger partial charge in [-0.2, -0.15) is 0 Å². The van der Waals surface area contributed by atoms with E-state index in [0.717, 1.165) is 24.8 Å². The molecule has 2 rings (SSSR count). The Hall–Kier alpha value is -2.24. The number of amides is 1. The minimum Gasteiger partial charge on any atom is -0.482 e. The van der Waals surface area contributed by atoms with Gasteiger partial charge in [0, 0.05) is 6.54 Å². The SMILES string of the molecule is CCOC(=O)COc1ccc(C2CCCCN2C(=O)OC(C)(C)C)cc1. The van der Waals surface area contributed by atoms with Crippen molar-refractivity contribution in [1.29, 1.82) is 0 Å². The third kappa shape index (κ3) is 5.93. The number of piperidine rings is 1. The van der Waals surface area contributed by atoms with Gasteiger partial charge in [0.1, 0.15) is 11.4 Å². The Labute approximate surface area is 155 Å². The molecule has 0 N–H and O–H groups in total. The minimum absolute atomic E-state index is 0.00212. The monoisotopic (exact) mass is 363 g/mol. The zero-order valence-corrected chi connectivity index (χ0v) is 16.1. The molecular weight excluding hydrogens is 334 g/mol. The van der Waals surface area contributed by atoms with E-state index < -0.39 is 5.60 Å². The molecule has 6 heteroatoms. The zero-order chi connectivity index (χ0) is 19.2. The average molecular weight is 363 g/mol. The van der Waals surface area contributed by atoms with Crippen molar-refractivity contribution in [1.82, 2.24) is 4.90 Å². The molecule has 0 bridgehead atoms. The lowest BCUT2D eigenvalue weighted by Crippen LogP contribution is -2.41. The van der Waals surface area contributed by atoms with Gasteiger partial charge in [-0.15, -0.1) is 0 Å². The number of benzene rings is 1. The quantitative estimate of drug-likeness (QED) is 0.737. The number of rotatable bonds is 5. The summed E-state index contributed by atoms with van der Waals surface area (Å²) in [5, 5.41) is 0. The largest absolute Gasteiger partial charge is 0.482 e. The summed E-state index contributed by atoms with van der Waals surface area (Å²) in [7, 11) is 0. The molecule has 0 radical (unpaired) electrons. The predicted octanol–water partition coefficient (Wildman–Crippen LogP) is 4.09. The average Bonchev–Trinajstić information content (AvgIpc) is 2.59. The molecule has 6 nitrogen and oxygen atoms in total. The highest BCUT2D eigenvalue weighted by Gasteiger charge is 2.31. The molecule has 1 atom stereocenters. The maximum absolute atomic E-state index is 12.5. The summed E-state index contributed by atoms with van der Waals surface area (Å²) in [5.41, 5.74) is 0.531. The smallest absolute Gasteiger partial charge is 0.410 e. The molecule has 1 aliphatic rings. The highest BCUT2D eigenvalue weighted by molar-refractivity contribution is 5.71. The summed E-state index contributed by atoms with van der Waals surface area (Å²) in [5.74, 6) is 0.210. The van der Waals surface area contributed by atoms with Crippen LogP contribution in [0.2, 0.25) is 0 Å². The van der Waals surface area contributed by atoms with Crippen LogP contribution in [0.15, 0.2) is 24.3 Å². The maximum atomic E-state index is 12.5. The molecule has 26 heavy (non-hydrogen) atoms. The fraction of sp³-hybridized carbons (Fsp3) is 0.600. The first-order valence-corrected chi connectivity index (χ1v) is 9.18. The van der Waals surface area contributed by atoms with Crippen LogP contribution in [0.5, 0.6) is 5.75 Å². The maximum Gasteiger partial charge on any atom is 0.410 e. The molecule has 1 aromatic carbocycles. The summed E-state index contributed by atoms with van der Waals surface area (Å²) < 4.78 is 15.8. The number of esters is 1. The van der Waals surface area contributed by atoms with Gasteiger partial charge < -0.3 is 19.1 Å². The summed E-state index contributed by atoms with van der Waals surface area (Å²) in [6.45, 7) is 8.30. The Morgan fingerprint density at radius 2 is 1.85 bits per heavy atom. The van der Waals surface area contributed by atoms with Crippen molar-refractivity contribution in [3.63, 3.8) is 0 Å². The molecule has 1 fully saturated rings. The van der Waals surface area contributed by atoms with Gasteiger partial charge in [0.25, 0.3) is 0 Å². The van der Waals surface area contributed by atoms with Crippen LogP contribution in [0, 0.1) is 0 Å². The van der Waals surface area contributed by atoms with Crippen molar-refractivity contribution in [3.05, 3.63) is 29.8 Å². The molecule has 1 heterocycles. The van der Waals surface area contributed by atoms with Crippen molar-refractivity contribution in [2.45, 2.75) is 58.6 Å². The van der Waals surface area contributed by atoms with Gasteiger partial charge in [-0.1, -0.05) is 12.1 Å². The topological polar surface area (TPSA) is 65.1 Å². The Morgan fingerprint density at radius 3 is 2.46 bits per heavy atom. The normalized spacial score (nSPS) is 17.5. The van der Waals surface area contributed by atoms with Crippen LogP contribution in [0.3, 0.4) is 0 Å².